The van der Waals surface area contributed by atoms with Gasteiger partial charge in [0.2, 0.25) is 0 Å². The minimum absolute atomic E-state index is 0.0893. The molecule has 6 heteroatoms. The van der Waals surface area contributed by atoms with Crippen molar-refractivity contribution in [2.24, 2.45) is 29.1 Å². The van der Waals surface area contributed by atoms with Crippen molar-refractivity contribution >= 4 is 26.6 Å². The summed E-state index contributed by atoms with van der Waals surface area (Å²) in [6.45, 7) is 4.42. The van der Waals surface area contributed by atoms with Crippen LogP contribution in [0.5, 0.6) is 0 Å². The predicted molar refractivity (Wildman–Crippen MR) is 171 cm³/mol. The second-order valence-corrected chi connectivity index (χ2v) is 50.8. The van der Waals surface area contributed by atoms with E-state index in [4.69, 9.17) is 9.97 Å². The summed E-state index contributed by atoms with van der Waals surface area (Å²) in [6.07, 6.45) is 13.6. The molecule has 2 aromatic rings. The zero-order valence-corrected chi connectivity index (χ0v) is 29.0. The monoisotopic (exact) mass is 638 g/mol. The summed E-state index contributed by atoms with van der Waals surface area (Å²) in [5.41, 5.74) is 3.38. The molecule has 16 rings (SSSR count). The van der Waals surface area contributed by atoms with Gasteiger partial charge in [0.1, 0.15) is 0 Å². The van der Waals surface area contributed by atoms with Crippen LogP contribution in [0.25, 0.3) is 0 Å². The molecule has 4 aliphatic carbocycles. The molecule has 0 radical (unpaired) electrons. The Morgan fingerprint density at radius 1 is 0.805 bits per heavy atom. The van der Waals surface area contributed by atoms with Crippen molar-refractivity contribution in [3.63, 3.8) is 0 Å². The van der Waals surface area contributed by atoms with Gasteiger partial charge >= 0.3 is 242 Å². The van der Waals surface area contributed by atoms with Gasteiger partial charge in [-0.25, -0.2) is 0 Å². The van der Waals surface area contributed by atoms with E-state index < -0.39 is 14.6 Å². The van der Waals surface area contributed by atoms with Gasteiger partial charge in [0, 0.05) is 0 Å². The molecule has 4 saturated carbocycles. The molecule has 1 spiro atoms. The standard InChI is InChI=1S/C30H39N2P2Si.C5H5.Fe/c1-35(2,3)24-17-25(29(19-33)22-13-20-12-21(15-22)16-23(29)14-20)26(18-24)30(34,27-8-4-6-10-31-27)28-9-5-7-11-32-28;1-2-4-5-3-1;/h4-11,17-18,20-23H,12-16,19,33-34H2,1-3H3;1-5H;. The molecular formula is C35H44FeN2P2Si. The first-order chi connectivity index (χ1) is 19.5. The summed E-state index contributed by atoms with van der Waals surface area (Å²) in [4.78, 5) is 19.5. The van der Waals surface area contributed by atoms with Crippen LogP contribution in [0.3, 0.4) is 0 Å². The average Bonchev–Trinajstić information content (AvgIpc) is 3.91. The summed E-state index contributed by atoms with van der Waals surface area (Å²) < 4.78 is 2.19. The molecule has 41 heavy (non-hydrogen) atoms. The fourth-order valence-electron chi connectivity index (χ4n) is 28.2. The SMILES string of the molecule is C[Si](C)(C)[C]12[CH]3[C]4(C(P)(c5ccccn5)c5ccccn5)[C]5(C6(CP)C7CC8CC(C7)CC6C8)[CH]1[Fe]34521678[CH]2[CH]1[CH]6[CH]7[CH]28. The van der Waals surface area contributed by atoms with Gasteiger partial charge < -0.3 is 0 Å². The van der Waals surface area contributed by atoms with E-state index in [2.05, 4.69) is 86.9 Å². The van der Waals surface area contributed by atoms with E-state index in [1.807, 2.05) is 0 Å². The van der Waals surface area contributed by atoms with Crippen molar-refractivity contribution in [2.45, 2.75) is 103 Å². The van der Waals surface area contributed by atoms with E-state index in [0.29, 0.717) is 9.73 Å². The topological polar surface area (TPSA) is 25.8 Å². The predicted octanol–water partition coefficient (Wildman–Crippen LogP) is 9.29. The van der Waals surface area contributed by atoms with Crippen molar-refractivity contribution in [3.05, 3.63) is 60.2 Å². The summed E-state index contributed by atoms with van der Waals surface area (Å²) in [6, 6.07) is 13.8. The molecule has 12 heterocycles. The fraction of sp³-hybridized carbons (Fsp3) is 0.714. The zero-order chi connectivity index (χ0) is 27.1. The van der Waals surface area contributed by atoms with Crippen molar-refractivity contribution < 1.29 is 6.51 Å². The maximum absolute atomic E-state index is 5.39. The molecule has 2 aromatic heterocycles. The van der Waals surface area contributed by atoms with Crippen LogP contribution < -0.4 is 0 Å². The van der Waals surface area contributed by atoms with E-state index in [-0.39, 0.29) is 5.16 Å². The first-order valence-corrected chi connectivity index (χ1v) is 28.0. The molecule has 2 nitrogen and oxygen atoms in total. The van der Waals surface area contributed by atoms with Crippen LogP contribution in [0.4, 0.5) is 0 Å². The van der Waals surface area contributed by atoms with Crippen molar-refractivity contribution in [1.82, 2.24) is 9.97 Å². The van der Waals surface area contributed by atoms with Crippen molar-refractivity contribution in [2.75, 3.05) is 6.16 Å². The molecule has 216 valence electrons. The summed E-state index contributed by atoms with van der Waals surface area (Å²) in [5.74, 6) is 4.16. The van der Waals surface area contributed by atoms with Gasteiger partial charge in [0.05, 0.1) is 0 Å². The molecular weight excluding hydrogens is 594 g/mol. The van der Waals surface area contributed by atoms with Gasteiger partial charge in [-0.15, -0.1) is 0 Å². The first-order valence-electron chi connectivity index (χ1n) is 17.0. The summed E-state index contributed by atoms with van der Waals surface area (Å²) >= 11 is 0. The van der Waals surface area contributed by atoms with Crippen LogP contribution in [0.2, 0.25) is 65.9 Å². The Hall–Kier alpha value is -0.104. The van der Waals surface area contributed by atoms with E-state index in [9.17, 15) is 0 Å². The molecule has 10 saturated heterocycles. The van der Waals surface area contributed by atoms with Gasteiger partial charge in [-0.3, -0.25) is 0 Å². The molecule has 7 unspecified atom stereocenters. The van der Waals surface area contributed by atoms with Crippen LogP contribution in [-0.4, -0.2) is 24.2 Å². The van der Waals surface area contributed by atoms with Crippen LogP contribution in [0.15, 0.2) is 48.8 Å². The van der Waals surface area contributed by atoms with Crippen LogP contribution in [0, 0.1) is 29.1 Å². The number of hydrogen-bond acceptors (Lipinski definition) is 2. The number of aromatic nitrogens is 2. The number of pyridine rings is 2. The molecule has 14 aliphatic rings. The van der Waals surface area contributed by atoms with Gasteiger partial charge in [-0.1, -0.05) is 0 Å². The second-order valence-electron chi connectivity index (χ2n) is 20.9. The number of rotatable bonds is 6. The Balaban J connectivity index is 1.16. The van der Waals surface area contributed by atoms with Crippen molar-refractivity contribution in [3.8, 4) is 0 Å². The zero-order valence-electron chi connectivity index (χ0n) is 24.6. The summed E-state index contributed by atoms with van der Waals surface area (Å²) in [5, 5.41) is -0.0893. The van der Waals surface area contributed by atoms with E-state index >= 15 is 0 Å². The van der Waals surface area contributed by atoms with E-state index in [0.717, 1.165) is 36.7 Å². The average molecular weight is 639 g/mol. The van der Waals surface area contributed by atoms with Crippen LogP contribution in [-0.2, 0) is 11.7 Å². The molecule has 0 N–H and O–H groups in total. The van der Waals surface area contributed by atoms with Gasteiger partial charge in [-0.05, 0) is 0 Å². The van der Waals surface area contributed by atoms with E-state index in [1.165, 1.54) is 46.4 Å². The Labute approximate surface area is 240 Å². The van der Waals surface area contributed by atoms with Crippen LogP contribution >= 0.6 is 18.5 Å². The second kappa shape index (κ2) is 3.27. The molecule has 14 fully saturated rings. The fourth-order valence-corrected chi connectivity index (χ4v) is 139. The third-order valence-electron chi connectivity index (χ3n) is 24.4. The molecule has 4 bridgehead atoms. The van der Waals surface area contributed by atoms with Gasteiger partial charge in [0.25, 0.3) is 0 Å². The van der Waals surface area contributed by atoms with Crippen molar-refractivity contribution in [1.29, 1.82) is 0 Å². The van der Waals surface area contributed by atoms with Crippen LogP contribution in [0.1, 0.15) is 43.5 Å². The number of hydrogen-bond donors (Lipinski definition) is 0. The number of fused-ring (bicyclic) bond motifs is 11. The minimum atomic E-state index is -4.26. The quantitative estimate of drug-likeness (QED) is 0.233. The normalized spacial score (nSPS) is 76.0. The van der Waals surface area contributed by atoms with Gasteiger partial charge in [-0.2, -0.15) is 0 Å². The third kappa shape index (κ3) is 0.526. The summed E-state index contributed by atoms with van der Waals surface area (Å²) in [7, 11) is 5.90. The molecule has 7 atom stereocenters. The van der Waals surface area contributed by atoms with Gasteiger partial charge in [0.15, 0.2) is 0 Å². The third-order valence-corrected chi connectivity index (χ3v) is 79.2. The number of nitrogens with zero attached hydrogens (tertiary/aromatic N) is 2. The molecule has 10 aliphatic heterocycles. The van der Waals surface area contributed by atoms with E-state index in [1.54, 1.807) is 32.1 Å². The maximum atomic E-state index is 5.39. The Kier molecular flexibility index (Phi) is 1.72. The Bertz CT molecular complexity index is 2060. The molecule has 0 aromatic carbocycles. The first kappa shape index (κ1) is 21.6. The Morgan fingerprint density at radius 2 is 1.32 bits per heavy atom. The molecule has 0 amide bonds. The Morgan fingerprint density at radius 3 is 1.71 bits per heavy atom.